The zero-order valence-electron chi connectivity index (χ0n) is 8.73. The van der Waals surface area contributed by atoms with E-state index >= 15 is 0 Å². The fourth-order valence-corrected chi connectivity index (χ4v) is 0.799. The van der Waals surface area contributed by atoms with Crippen LogP contribution in [-0.2, 0) is 4.74 Å². The largest absolute Gasteiger partial charge is 0.394 e. The summed E-state index contributed by atoms with van der Waals surface area (Å²) in [6, 6.07) is 9.56. The Kier molecular flexibility index (Phi) is 9.96. The molecule has 4 N–H and O–H groups in total. The quantitative estimate of drug-likeness (QED) is 0.493. The van der Waals surface area contributed by atoms with Crippen molar-refractivity contribution in [2.24, 2.45) is 5.73 Å². The minimum absolute atomic E-state index is 0.0833. The van der Waals surface area contributed by atoms with Gasteiger partial charge in [0.25, 0.3) is 0 Å². The number of hydrogen-bond acceptors (Lipinski definition) is 4. The van der Waals surface area contributed by atoms with Crippen LogP contribution in [0.4, 0.5) is 0 Å². The lowest BCUT2D eigenvalue weighted by molar-refractivity contribution is 0.0976. The van der Waals surface area contributed by atoms with Crippen molar-refractivity contribution in [1.82, 2.24) is 0 Å². The second-order valence-corrected chi connectivity index (χ2v) is 2.68. The Morgan fingerprint density at radius 1 is 1.27 bits per heavy atom. The molecule has 0 spiro atoms. The fraction of sp³-hybridized carbons (Fsp3) is 0.364. The average molecular weight is 210 g/mol. The predicted octanol–water partition coefficient (Wildman–Crippen LogP) is 0.638. The minimum Gasteiger partial charge on any atom is -0.394 e. The summed E-state index contributed by atoms with van der Waals surface area (Å²) in [7, 11) is 0. The van der Waals surface area contributed by atoms with E-state index in [1.54, 1.807) is 0 Å². The molecular formula is C11H18N2O2. The van der Waals surface area contributed by atoms with Crippen LogP contribution in [0.15, 0.2) is 30.3 Å². The first-order valence-corrected chi connectivity index (χ1v) is 4.79. The lowest BCUT2D eigenvalue weighted by atomic mass is 10.2. The molecule has 0 amide bonds. The van der Waals surface area contributed by atoms with Gasteiger partial charge < -0.3 is 21.0 Å². The first-order chi connectivity index (χ1) is 7.35. The molecule has 0 heterocycles. The molecule has 0 saturated carbocycles. The van der Waals surface area contributed by atoms with Gasteiger partial charge in [0.05, 0.1) is 19.8 Å². The molecule has 0 bridgehead atoms. The first kappa shape index (κ1) is 13.8. The standard InChI is InChI=1S/C7H7N.C4H11NO2/c8-6-7-4-2-1-3-5-7;5-1-3-7-4-2-6/h1-6,8H;6H,1-5H2. The summed E-state index contributed by atoms with van der Waals surface area (Å²) in [5.41, 5.74) is 6.01. The normalized spacial score (nSPS) is 8.93. The van der Waals surface area contributed by atoms with E-state index in [1.165, 1.54) is 6.21 Å². The number of aliphatic hydroxyl groups excluding tert-OH is 1. The lowest BCUT2D eigenvalue weighted by Gasteiger charge is -1.95. The van der Waals surface area contributed by atoms with Crippen LogP contribution in [0.3, 0.4) is 0 Å². The Hall–Kier alpha value is -1.23. The van der Waals surface area contributed by atoms with Crippen LogP contribution in [-0.4, -0.2) is 37.7 Å². The Morgan fingerprint density at radius 2 is 1.93 bits per heavy atom. The summed E-state index contributed by atoms with van der Waals surface area (Å²) >= 11 is 0. The molecule has 0 fully saturated rings. The van der Waals surface area contributed by atoms with Crippen molar-refractivity contribution < 1.29 is 9.84 Å². The van der Waals surface area contributed by atoms with Gasteiger partial charge in [-0.25, -0.2) is 0 Å². The zero-order chi connectivity index (χ0) is 11.4. The van der Waals surface area contributed by atoms with E-state index < -0.39 is 0 Å². The molecule has 0 atom stereocenters. The molecule has 0 aromatic heterocycles. The Morgan fingerprint density at radius 3 is 2.33 bits per heavy atom. The van der Waals surface area contributed by atoms with Gasteiger partial charge in [-0.3, -0.25) is 0 Å². The van der Waals surface area contributed by atoms with Gasteiger partial charge >= 0.3 is 0 Å². The van der Waals surface area contributed by atoms with E-state index in [0.717, 1.165) is 5.56 Å². The molecule has 4 heteroatoms. The summed E-state index contributed by atoms with van der Waals surface area (Å²) in [6.45, 7) is 1.55. The van der Waals surface area contributed by atoms with Crippen LogP contribution in [0.25, 0.3) is 0 Å². The SMILES string of the molecule is N=Cc1ccccc1.NCCOCCO. The van der Waals surface area contributed by atoms with Gasteiger partial charge in [-0.15, -0.1) is 0 Å². The van der Waals surface area contributed by atoms with E-state index in [0.29, 0.717) is 19.8 Å². The van der Waals surface area contributed by atoms with Crippen LogP contribution in [0, 0.1) is 5.41 Å². The lowest BCUT2D eigenvalue weighted by Crippen LogP contribution is -2.10. The third-order valence-corrected chi connectivity index (χ3v) is 1.46. The van der Waals surface area contributed by atoms with E-state index in [9.17, 15) is 0 Å². The van der Waals surface area contributed by atoms with Gasteiger partial charge in [0.15, 0.2) is 0 Å². The van der Waals surface area contributed by atoms with Crippen LogP contribution in [0.2, 0.25) is 0 Å². The number of benzene rings is 1. The number of aliphatic hydroxyl groups is 1. The highest BCUT2D eigenvalue weighted by Crippen LogP contribution is 1.91. The number of nitrogens with two attached hydrogens (primary N) is 1. The first-order valence-electron chi connectivity index (χ1n) is 4.79. The van der Waals surface area contributed by atoms with Crippen LogP contribution >= 0.6 is 0 Å². The summed E-state index contributed by atoms with van der Waals surface area (Å²) in [5.74, 6) is 0. The van der Waals surface area contributed by atoms with Gasteiger partial charge in [0, 0.05) is 12.8 Å². The smallest absolute Gasteiger partial charge is 0.0698 e. The van der Waals surface area contributed by atoms with Crippen LogP contribution in [0.5, 0.6) is 0 Å². The minimum atomic E-state index is 0.0833. The van der Waals surface area contributed by atoms with E-state index in [4.69, 9.17) is 21.0 Å². The van der Waals surface area contributed by atoms with Crippen molar-refractivity contribution in [1.29, 1.82) is 5.41 Å². The monoisotopic (exact) mass is 210 g/mol. The second-order valence-electron chi connectivity index (χ2n) is 2.68. The highest BCUT2D eigenvalue weighted by molar-refractivity contribution is 5.76. The van der Waals surface area contributed by atoms with Crippen LogP contribution in [0.1, 0.15) is 5.56 Å². The van der Waals surface area contributed by atoms with Gasteiger partial charge in [0.2, 0.25) is 0 Å². The summed E-state index contributed by atoms with van der Waals surface area (Å²) < 4.78 is 4.76. The Balaban J connectivity index is 0.000000265. The number of ether oxygens (including phenoxy) is 1. The van der Waals surface area contributed by atoms with Gasteiger partial charge in [-0.05, 0) is 5.56 Å². The predicted molar refractivity (Wildman–Crippen MR) is 61.3 cm³/mol. The van der Waals surface area contributed by atoms with E-state index in [2.05, 4.69) is 0 Å². The molecule has 0 aliphatic carbocycles. The highest BCUT2D eigenvalue weighted by Gasteiger charge is 1.79. The summed E-state index contributed by atoms with van der Waals surface area (Å²) in [5, 5.41) is 14.9. The molecule has 15 heavy (non-hydrogen) atoms. The molecule has 0 aliphatic rings. The molecule has 84 valence electrons. The van der Waals surface area contributed by atoms with Gasteiger partial charge in [-0.2, -0.15) is 0 Å². The Bertz CT molecular complexity index is 236. The van der Waals surface area contributed by atoms with E-state index in [1.807, 2.05) is 30.3 Å². The summed E-state index contributed by atoms with van der Waals surface area (Å²) in [6.07, 6.45) is 1.33. The zero-order valence-corrected chi connectivity index (χ0v) is 8.73. The molecule has 0 aliphatic heterocycles. The number of hydrogen-bond donors (Lipinski definition) is 3. The Labute approximate surface area is 90.2 Å². The van der Waals surface area contributed by atoms with Crippen LogP contribution < -0.4 is 5.73 Å². The molecule has 0 radical (unpaired) electrons. The molecule has 0 unspecified atom stereocenters. The molecule has 1 aromatic rings. The molecule has 4 nitrogen and oxygen atoms in total. The number of nitrogens with one attached hydrogen (secondary N) is 1. The third kappa shape index (κ3) is 9.08. The fourth-order valence-electron chi connectivity index (χ4n) is 0.799. The van der Waals surface area contributed by atoms with Crippen molar-refractivity contribution in [2.75, 3.05) is 26.4 Å². The van der Waals surface area contributed by atoms with Crippen molar-refractivity contribution in [2.45, 2.75) is 0 Å². The maximum absolute atomic E-state index is 8.13. The topological polar surface area (TPSA) is 79.3 Å². The van der Waals surface area contributed by atoms with Crippen molar-refractivity contribution in [3.05, 3.63) is 35.9 Å². The van der Waals surface area contributed by atoms with Crippen molar-refractivity contribution in [3.63, 3.8) is 0 Å². The molecular weight excluding hydrogens is 192 g/mol. The highest BCUT2D eigenvalue weighted by atomic mass is 16.5. The second kappa shape index (κ2) is 10.8. The van der Waals surface area contributed by atoms with Gasteiger partial charge in [0.1, 0.15) is 0 Å². The van der Waals surface area contributed by atoms with Gasteiger partial charge in [-0.1, -0.05) is 30.3 Å². The van der Waals surface area contributed by atoms with Crippen molar-refractivity contribution in [3.8, 4) is 0 Å². The van der Waals surface area contributed by atoms with Crippen molar-refractivity contribution >= 4 is 6.21 Å². The molecule has 0 saturated heterocycles. The summed E-state index contributed by atoms with van der Waals surface area (Å²) in [4.78, 5) is 0. The average Bonchev–Trinajstić information content (AvgIpc) is 2.32. The van der Waals surface area contributed by atoms with E-state index in [-0.39, 0.29) is 6.61 Å². The molecule has 1 aromatic carbocycles. The maximum Gasteiger partial charge on any atom is 0.0698 e. The molecule has 1 rings (SSSR count). The maximum atomic E-state index is 8.13. The third-order valence-electron chi connectivity index (χ3n) is 1.46. The number of rotatable bonds is 5.